The highest BCUT2D eigenvalue weighted by Gasteiger charge is 2.21. The lowest BCUT2D eigenvalue weighted by atomic mass is 9.84. The Morgan fingerprint density at radius 3 is 1.58 bits per heavy atom. The van der Waals surface area contributed by atoms with Crippen LogP contribution >= 0.6 is 0 Å². The molecule has 1 aromatic heterocycles. The van der Waals surface area contributed by atoms with Crippen LogP contribution in [0.2, 0.25) is 0 Å². The van der Waals surface area contributed by atoms with Crippen LogP contribution in [0.3, 0.4) is 0 Å². The van der Waals surface area contributed by atoms with Crippen molar-refractivity contribution >= 4 is 54.3 Å². The molecule has 9 rings (SSSR count). The highest BCUT2D eigenvalue weighted by molar-refractivity contribution is 6.26. The Hall–Kier alpha value is -5.66. The van der Waals surface area contributed by atoms with Gasteiger partial charge in [0.25, 0.3) is 0 Å². The Morgan fingerprint density at radius 2 is 0.953 bits per heavy atom. The second-order valence-electron chi connectivity index (χ2n) is 10.5. The van der Waals surface area contributed by atoms with Crippen LogP contribution in [0.1, 0.15) is 13.7 Å². The van der Waals surface area contributed by atoms with Gasteiger partial charge in [-0.15, -0.1) is 0 Å². The van der Waals surface area contributed by atoms with Crippen LogP contribution in [0.4, 0.5) is 0 Å². The Morgan fingerprint density at radius 1 is 0.419 bits per heavy atom. The molecule has 1 nitrogen and oxygen atoms in total. The summed E-state index contributed by atoms with van der Waals surface area (Å²) in [5, 5.41) is 6.31. The van der Waals surface area contributed by atoms with Crippen molar-refractivity contribution in [1.29, 1.82) is 0 Å². The molecule has 9 aromatic rings. The molecular formula is C42H26O. The fourth-order valence-electron chi connectivity index (χ4n) is 6.39. The molecule has 0 bridgehead atoms. The van der Waals surface area contributed by atoms with Gasteiger partial charge in [-0.25, -0.2) is 0 Å². The maximum atomic E-state index is 8.93. The average molecular weight is 557 g/mol. The number of fused-ring (bicyclic) bond motifs is 6. The van der Waals surface area contributed by atoms with Gasteiger partial charge in [0.05, 0.1) is 13.7 Å². The molecule has 0 unspecified atom stereocenters. The van der Waals surface area contributed by atoms with Crippen molar-refractivity contribution in [3.8, 4) is 33.4 Å². The lowest BCUT2D eigenvalue weighted by molar-refractivity contribution is 0.669. The van der Waals surface area contributed by atoms with E-state index >= 15 is 0 Å². The summed E-state index contributed by atoms with van der Waals surface area (Å²) in [5.41, 5.74) is 3.50. The first-order valence-electron chi connectivity index (χ1n) is 18.9. The van der Waals surface area contributed by atoms with E-state index in [0.29, 0.717) is 38.6 Å². The molecule has 0 aliphatic heterocycles. The first kappa shape index (κ1) is 16.1. The van der Waals surface area contributed by atoms with Gasteiger partial charge in [0.2, 0.25) is 0 Å². The molecule has 0 aliphatic rings. The third-order valence-electron chi connectivity index (χ3n) is 8.18. The van der Waals surface area contributed by atoms with E-state index in [9.17, 15) is 0 Å². The van der Waals surface area contributed by atoms with Crippen LogP contribution in [0, 0.1) is 0 Å². The van der Waals surface area contributed by atoms with Crippen LogP contribution in [0.25, 0.3) is 87.6 Å². The summed E-state index contributed by atoms with van der Waals surface area (Å²) >= 11 is 0. The van der Waals surface area contributed by atoms with E-state index in [-0.39, 0.29) is 35.3 Å². The van der Waals surface area contributed by atoms with Crippen LogP contribution in [-0.2, 0) is 0 Å². The van der Waals surface area contributed by atoms with Crippen molar-refractivity contribution in [2.45, 2.75) is 0 Å². The molecule has 0 saturated carbocycles. The van der Waals surface area contributed by atoms with Crippen molar-refractivity contribution < 1.29 is 18.1 Å². The summed E-state index contributed by atoms with van der Waals surface area (Å²) in [7, 11) is 0. The maximum absolute atomic E-state index is 8.93. The summed E-state index contributed by atoms with van der Waals surface area (Å²) in [4.78, 5) is 0. The summed E-state index contributed by atoms with van der Waals surface area (Å²) in [5.74, 6) is 0. The Kier molecular flexibility index (Phi) is 3.53. The van der Waals surface area contributed by atoms with Crippen LogP contribution in [0.15, 0.2) is 162 Å². The molecule has 0 amide bonds. The lowest BCUT2D eigenvalue weighted by Gasteiger charge is -2.19. The predicted octanol–water partition coefficient (Wildman–Crippen LogP) is 12.0. The molecule has 0 saturated heterocycles. The van der Waals surface area contributed by atoms with Crippen LogP contribution < -0.4 is 0 Å². The van der Waals surface area contributed by atoms with E-state index in [0.717, 1.165) is 37.9 Å². The van der Waals surface area contributed by atoms with Gasteiger partial charge in [-0.05, 0) is 90.0 Å². The first-order chi connectivity index (χ1) is 25.5. The molecule has 0 fully saturated rings. The zero-order chi connectivity index (χ0) is 37.0. The molecule has 8 aromatic carbocycles. The van der Waals surface area contributed by atoms with Crippen LogP contribution in [-0.4, -0.2) is 0 Å². The van der Waals surface area contributed by atoms with Crippen molar-refractivity contribution in [3.63, 3.8) is 0 Å². The second-order valence-corrected chi connectivity index (χ2v) is 10.5. The second kappa shape index (κ2) is 9.44. The van der Waals surface area contributed by atoms with Gasteiger partial charge in [0.15, 0.2) is 0 Å². The van der Waals surface area contributed by atoms with E-state index in [2.05, 4.69) is 6.07 Å². The molecule has 0 spiro atoms. The third-order valence-corrected chi connectivity index (χ3v) is 8.18. The van der Waals surface area contributed by atoms with Crippen molar-refractivity contribution in [1.82, 2.24) is 0 Å². The summed E-state index contributed by atoms with van der Waals surface area (Å²) < 4.78 is 92.4. The molecule has 1 heteroatoms. The monoisotopic (exact) mass is 556 g/mol. The van der Waals surface area contributed by atoms with E-state index < -0.39 is 36.3 Å². The van der Waals surface area contributed by atoms with Crippen molar-refractivity contribution in [3.05, 3.63) is 157 Å². The zero-order valence-corrected chi connectivity index (χ0v) is 22.6. The van der Waals surface area contributed by atoms with Gasteiger partial charge in [0, 0.05) is 10.8 Å². The molecule has 43 heavy (non-hydrogen) atoms. The smallest absolute Gasteiger partial charge is 0.136 e. The Labute approximate surface area is 263 Å². The fraction of sp³-hybridized carbons (Fsp3) is 0. The summed E-state index contributed by atoms with van der Waals surface area (Å²) in [6, 6.07) is 26.6. The van der Waals surface area contributed by atoms with E-state index in [4.69, 9.17) is 18.1 Å². The fourth-order valence-corrected chi connectivity index (χ4v) is 6.39. The number of hydrogen-bond acceptors (Lipinski definition) is 1. The SMILES string of the molecule is [2H]c1c([2H])c([2H])c(-c2cc(-c3c4ccccc4c(-c4c([2H])c([2H])c([2H])c([2H])c4[2H])c4ccccc34)c3c(c2)oc2cc4ccccc4cc23)c([2H])c1[2H]. The normalized spacial score (nSPS) is 15.0. The maximum Gasteiger partial charge on any atom is 0.136 e. The molecule has 200 valence electrons. The number of hydrogen-bond donors (Lipinski definition) is 0. The van der Waals surface area contributed by atoms with E-state index in [1.54, 1.807) is 6.07 Å². The molecule has 0 N–H and O–H groups in total. The predicted molar refractivity (Wildman–Crippen MR) is 183 cm³/mol. The van der Waals surface area contributed by atoms with Gasteiger partial charge < -0.3 is 4.42 Å². The average Bonchev–Trinajstić information content (AvgIpc) is 3.53. The number of furan rings is 1. The molecular weight excluding hydrogens is 520 g/mol. The van der Waals surface area contributed by atoms with Gasteiger partial charge in [-0.2, -0.15) is 0 Å². The number of benzene rings is 8. The van der Waals surface area contributed by atoms with E-state index in [1.165, 1.54) is 0 Å². The molecule has 1 heterocycles. The zero-order valence-electron chi connectivity index (χ0n) is 32.6. The molecule has 0 aliphatic carbocycles. The Balaban J connectivity index is 1.50. The molecule has 0 atom stereocenters. The lowest BCUT2D eigenvalue weighted by Crippen LogP contribution is -1.92. The summed E-state index contributed by atoms with van der Waals surface area (Å²) in [6.45, 7) is 0. The van der Waals surface area contributed by atoms with Crippen LogP contribution in [0.5, 0.6) is 0 Å². The van der Waals surface area contributed by atoms with Crippen molar-refractivity contribution in [2.24, 2.45) is 0 Å². The minimum Gasteiger partial charge on any atom is -0.456 e. The number of rotatable bonds is 3. The molecule has 0 radical (unpaired) electrons. The standard InChI is InChI=1S/C42H26O/c1-3-13-27(14-4-1)31-24-37(42-36-23-29-17-7-8-18-30(29)25-38(36)43-39(42)26-31)41-34-21-11-9-19-32(34)40(28-15-5-2-6-16-28)33-20-10-12-22-35(33)41/h1-26H/i1D,2D,3D,4D,5D,6D,13D,14D,15D,16D. The Bertz CT molecular complexity index is 2960. The largest absolute Gasteiger partial charge is 0.456 e. The van der Waals surface area contributed by atoms with Gasteiger partial charge in [-0.1, -0.05) is 133 Å². The van der Waals surface area contributed by atoms with Crippen molar-refractivity contribution in [2.75, 3.05) is 0 Å². The minimum atomic E-state index is -0.485. The minimum absolute atomic E-state index is 0.0362. The van der Waals surface area contributed by atoms with Gasteiger partial charge in [0.1, 0.15) is 11.2 Å². The highest BCUT2D eigenvalue weighted by atomic mass is 16.3. The first-order valence-corrected chi connectivity index (χ1v) is 13.9. The van der Waals surface area contributed by atoms with Gasteiger partial charge in [-0.3, -0.25) is 0 Å². The topological polar surface area (TPSA) is 13.1 Å². The summed E-state index contributed by atoms with van der Waals surface area (Å²) in [6.07, 6.45) is 0. The van der Waals surface area contributed by atoms with E-state index in [1.807, 2.05) is 84.9 Å². The highest BCUT2D eigenvalue weighted by Crippen LogP contribution is 2.48. The third kappa shape index (κ3) is 3.72. The quantitative estimate of drug-likeness (QED) is 0.197. The van der Waals surface area contributed by atoms with Gasteiger partial charge >= 0.3 is 0 Å².